The number of hydrogen-bond donors (Lipinski definition) is 3. The van der Waals surface area contributed by atoms with Crippen LogP contribution in [-0.2, 0) is 6.42 Å². The third kappa shape index (κ3) is 6.22. The number of phenolic OH excluding ortho intramolecular Hbond substituents is 1. The first-order valence-corrected chi connectivity index (χ1v) is 14.6. The van der Waals surface area contributed by atoms with Gasteiger partial charge in [0.2, 0.25) is 5.88 Å². The van der Waals surface area contributed by atoms with Gasteiger partial charge in [0.1, 0.15) is 17.3 Å². The molecule has 1 fully saturated rings. The van der Waals surface area contributed by atoms with Crippen LogP contribution in [0.3, 0.4) is 0 Å². The van der Waals surface area contributed by atoms with Gasteiger partial charge in [-0.1, -0.05) is 12.1 Å². The second kappa shape index (κ2) is 12.7. The normalized spacial score (nSPS) is 14.1. The van der Waals surface area contributed by atoms with Gasteiger partial charge in [-0.3, -0.25) is 4.79 Å². The van der Waals surface area contributed by atoms with Crippen molar-refractivity contribution in [1.82, 2.24) is 24.8 Å². The molecule has 1 aliphatic rings. The Morgan fingerprint density at radius 2 is 1.73 bits per heavy atom. The molecule has 0 unspecified atom stereocenters. The van der Waals surface area contributed by atoms with Crippen LogP contribution in [0.15, 0.2) is 72.9 Å². The summed E-state index contributed by atoms with van der Waals surface area (Å²) in [5, 5.41) is 14.3. The molecule has 6 rings (SSSR count). The van der Waals surface area contributed by atoms with E-state index in [-0.39, 0.29) is 11.7 Å². The maximum Gasteiger partial charge on any atom is 0.255 e. The minimum absolute atomic E-state index is 0.00102. The Balaban J connectivity index is 1.19. The second-order valence-corrected chi connectivity index (χ2v) is 11.0. The molecule has 0 atom stereocenters. The third-order valence-corrected chi connectivity index (χ3v) is 8.10. The SMILES string of the molecule is COc1cc(-c2nc3cc(C(=O)Nc4ccc(CCN5CCN(C)CC5)cc4)ccc3[nH]2)c(O)c(-c2cccnc2OC)c1. The fraction of sp³-hybridized carbons (Fsp3) is 0.265. The standard InChI is InChI=1S/C34H36N6O4/c1-39-15-17-40(18-16-39)14-12-22-6-9-24(10-7-22)36-33(42)23-8-11-29-30(19-23)38-32(37-29)28-21-25(43-2)20-27(31(28)41)26-5-4-13-35-34(26)44-3/h4-11,13,19-21,41H,12,14-18H2,1-3H3,(H,36,42)(H,37,38). The molecule has 1 amide bonds. The third-order valence-electron chi connectivity index (χ3n) is 8.10. The highest BCUT2D eigenvalue weighted by Gasteiger charge is 2.20. The quantitative estimate of drug-likeness (QED) is 0.218. The molecule has 1 aliphatic heterocycles. The van der Waals surface area contributed by atoms with E-state index in [0.717, 1.165) is 50.3 Å². The van der Waals surface area contributed by atoms with Crippen molar-refractivity contribution in [2.45, 2.75) is 6.42 Å². The van der Waals surface area contributed by atoms with E-state index in [9.17, 15) is 9.90 Å². The van der Waals surface area contributed by atoms with E-state index in [0.29, 0.717) is 45.2 Å². The van der Waals surface area contributed by atoms with E-state index in [1.807, 2.05) is 24.3 Å². The predicted molar refractivity (Wildman–Crippen MR) is 172 cm³/mol. The van der Waals surface area contributed by atoms with Gasteiger partial charge < -0.3 is 34.7 Å². The van der Waals surface area contributed by atoms with Gasteiger partial charge in [-0.05, 0) is 73.6 Å². The molecule has 0 spiro atoms. The Bertz CT molecular complexity index is 1780. The molecule has 3 N–H and O–H groups in total. The van der Waals surface area contributed by atoms with Crippen molar-refractivity contribution in [3.63, 3.8) is 0 Å². The van der Waals surface area contributed by atoms with Crippen LogP contribution >= 0.6 is 0 Å². The highest BCUT2D eigenvalue weighted by atomic mass is 16.5. The van der Waals surface area contributed by atoms with E-state index in [1.54, 1.807) is 43.6 Å². The van der Waals surface area contributed by atoms with E-state index in [1.165, 1.54) is 12.7 Å². The summed E-state index contributed by atoms with van der Waals surface area (Å²) in [6.45, 7) is 5.48. The lowest BCUT2D eigenvalue weighted by molar-refractivity contribution is 0.102. The molecular formula is C34H36N6O4. The number of fused-ring (bicyclic) bond motifs is 1. The van der Waals surface area contributed by atoms with Crippen LogP contribution in [0.4, 0.5) is 5.69 Å². The topological polar surface area (TPSA) is 116 Å². The van der Waals surface area contributed by atoms with Crippen LogP contribution in [0.5, 0.6) is 17.4 Å². The second-order valence-electron chi connectivity index (χ2n) is 11.0. The number of rotatable bonds is 9. The summed E-state index contributed by atoms with van der Waals surface area (Å²) in [6.07, 6.45) is 2.61. The fourth-order valence-corrected chi connectivity index (χ4v) is 5.46. The number of anilines is 1. The van der Waals surface area contributed by atoms with Gasteiger partial charge in [0, 0.05) is 61.3 Å². The van der Waals surface area contributed by atoms with E-state index in [2.05, 4.69) is 44.3 Å². The van der Waals surface area contributed by atoms with Crippen LogP contribution in [0, 0.1) is 0 Å². The molecule has 2 aromatic heterocycles. The van der Waals surface area contributed by atoms with Crippen LogP contribution in [0.2, 0.25) is 0 Å². The average Bonchev–Trinajstić information content (AvgIpc) is 3.48. The number of methoxy groups -OCH3 is 2. The number of aromatic nitrogens is 3. The number of pyridine rings is 1. The summed E-state index contributed by atoms with van der Waals surface area (Å²) >= 11 is 0. The predicted octanol–water partition coefficient (Wildman–Crippen LogP) is 5.06. The molecule has 10 nitrogen and oxygen atoms in total. The van der Waals surface area contributed by atoms with Crippen molar-refractivity contribution in [2.75, 3.05) is 59.3 Å². The monoisotopic (exact) mass is 592 g/mol. The van der Waals surface area contributed by atoms with Crippen molar-refractivity contribution >= 4 is 22.6 Å². The summed E-state index contributed by atoms with van der Waals surface area (Å²) in [5.74, 6) is 1.12. The molecule has 3 aromatic carbocycles. The van der Waals surface area contributed by atoms with Gasteiger partial charge >= 0.3 is 0 Å². The maximum atomic E-state index is 13.1. The number of hydrogen-bond acceptors (Lipinski definition) is 8. The lowest BCUT2D eigenvalue weighted by atomic mass is 10.0. The van der Waals surface area contributed by atoms with Gasteiger partial charge in [0.15, 0.2) is 0 Å². The van der Waals surface area contributed by atoms with Gasteiger partial charge in [-0.15, -0.1) is 0 Å². The lowest BCUT2D eigenvalue weighted by Gasteiger charge is -2.32. The Hall–Kier alpha value is -4.93. The molecule has 5 aromatic rings. The molecule has 10 heteroatoms. The molecular weight excluding hydrogens is 556 g/mol. The summed E-state index contributed by atoms with van der Waals surface area (Å²) < 4.78 is 10.9. The number of aromatic amines is 1. The van der Waals surface area contributed by atoms with E-state index >= 15 is 0 Å². The van der Waals surface area contributed by atoms with Gasteiger partial charge in [0.25, 0.3) is 5.91 Å². The number of nitrogens with zero attached hydrogens (tertiary/aromatic N) is 4. The summed E-state index contributed by atoms with van der Waals surface area (Å²) in [7, 11) is 5.26. The van der Waals surface area contributed by atoms with Gasteiger partial charge in [-0.2, -0.15) is 0 Å². The highest BCUT2D eigenvalue weighted by Crippen LogP contribution is 2.43. The minimum atomic E-state index is -0.225. The van der Waals surface area contributed by atoms with Crippen LogP contribution in [-0.4, -0.2) is 89.8 Å². The van der Waals surface area contributed by atoms with Crippen molar-refractivity contribution in [3.8, 4) is 39.9 Å². The zero-order valence-electron chi connectivity index (χ0n) is 25.1. The molecule has 1 saturated heterocycles. The number of benzene rings is 3. The number of carbonyl (C=O) groups is 1. The number of piperazine rings is 1. The number of amides is 1. The average molecular weight is 593 g/mol. The number of ether oxygens (including phenoxy) is 2. The summed E-state index contributed by atoms with van der Waals surface area (Å²) in [4.78, 5) is 30.2. The Morgan fingerprint density at radius 3 is 2.48 bits per heavy atom. The Labute approximate surface area is 256 Å². The number of imidazole rings is 1. The molecule has 226 valence electrons. The van der Waals surface area contributed by atoms with Crippen molar-refractivity contribution in [1.29, 1.82) is 0 Å². The van der Waals surface area contributed by atoms with Crippen molar-refractivity contribution < 1.29 is 19.4 Å². The zero-order valence-corrected chi connectivity index (χ0v) is 25.1. The summed E-state index contributed by atoms with van der Waals surface area (Å²) in [6, 6.07) is 20.4. The van der Waals surface area contributed by atoms with Gasteiger partial charge in [0.05, 0.1) is 30.8 Å². The first-order chi connectivity index (χ1) is 21.4. The number of H-pyrrole nitrogens is 1. The number of nitrogens with one attached hydrogen (secondary N) is 2. The molecule has 0 aliphatic carbocycles. The first-order valence-electron chi connectivity index (χ1n) is 14.6. The zero-order chi connectivity index (χ0) is 30.6. The number of likely N-dealkylation sites (N-methyl/N-ethyl adjacent to an activating group) is 1. The Morgan fingerprint density at radius 1 is 0.955 bits per heavy atom. The van der Waals surface area contributed by atoms with Gasteiger partial charge in [-0.25, -0.2) is 9.97 Å². The van der Waals surface area contributed by atoms with Crippen LogP contribution in [0.1, 0.15) is 15.9 Å². The van der Waals surface area contributed by atoms with Crippen molar-refractivity contribution in [2.24, 2.45) is 0 Å². The molecule has 0 saturated carbocycles. The molecule has 3 heterocycles. The highest BCUT2D eigenvalue weighted by molar-refractivity contribution is 6.06. The molecule has 0 bridgehead atoms. The first kappa shape index (κ1) is 29.2. The maximum absolute atomic E-state index is 13.1. The smallest absolute Gasteiger partial charge is 0.255 e. The minimum Gasteiger partial charge on any atom is -0.507 e. The largest absolute Gasteiger partial charge is 0.507 e. The Kier molecular flexibility index (Phi) is 8.44. The van der Waals surface area contributed by atoms with Crippen molar-refractivity contribution in [3.05, 3.63) is 84.1 Å². The number of aromatic hydroxyl groups is 1. The fourth-order valence-electron chi connectivity index (χ4n) is 5.46. The van der Waals surface area contributed by atoms with Crippen LogP contribution in [0.25, 0.3) is 33.5 Å². The summed E-state index contributed by atoms with van der Waals surface area (Å²) in [5.41, 5.74) is 5.34. The van der Waals surface area contributed by atoms with Crippen LogP contribution < -0.4 is 14.8 Å². The lowest BCUT2D eigenvalue weighted by Crippen LogP contribution is -2.45. The van der Waals surface area contributed by atoms with E-state index < -0.39 is 0 Å². The number of carbonyl (C=O) groups excluding carboxylic acids is 1. The van der Waals surface area contributed by atoms with E-state index in [4.69, 9.17) is 14.5 Å². The molecule has 0 radical (unpaired) electrons. The molecule has 44 heavy (non-hydrogen) atoms. The number of phenols is 1.